The number of nitrogens with zero attached hydrogens (tertiary/aromatic N) is 2. The molecular weight excluding hydrogens is 366 g/mol. The fraction of sp³-hybridized carbons (Fsp3) is 0.105. The van der Waals surface area contributed by atoms with E-state index in [1.165, 1.54) is 16.2 Å². The van der Waals surface area contributed by atoms with Gasteiger partial charge in [0.15, 0.2) is 0 Å². The highest BCUT2D eigenvalue weighted by Gasteiger charge is 2.15. The highest BCUT2D eigenvalue weighted by molar-refractivity contribution is 7.98. The maximum absolute atomic E-state index is 11.1. The molecule has 26 heavy (non-hydrogen) atoms. The molecule has 0 aliphatic heterocycles. The lowest BCUT2D eigenvalue weighted by molar-refractivity contribution is -0.136. The Kier molecular flexibility index (Phi) is 6.04. The zero-order valence-corrected chi connectivity index (χ0v) is 15.7. The predicted molar refractivity (Wildman–Crippen MR) is 108 cm³/mol. The zero-order chi connectivity index (χ0) is 18.4. The normalized spacial score (nSPS) is 11.0. The highest BCUT2D eigenvalue weighted by atomic mass is 32.2. The van der Waals surface area contributed by atoms with E-state index in [1.54, 1.807) is 18.0 Å². The number of anilines is 1. The third-order valence-electron chi connectivity index (χ3n) is 3.55. The minimum absolute atomic E-state index is 0.0660. The van der Waals surface area contributed by atoms with E-state index in [9.17, 15) is 4.79 Å². The zero-order valence-electron chi connectivity index (χ0n) is 14.0. The summed E-state index contributed by atoms with van der Waals surface area (Å²) in [6, 6.07) is 17.6. The summed E-state index contributed by atoms with van der Waals surface area (Å²) in [5.74, 6) is -0.880. The number of hydrazone groups is 1. The summed E-state index contributed by atoms with van der Waals surface area (Å²) in [4.78, 5) is 17.6. The van der Waals surface area contributed by atoms with Crippen LogP contribution < -0.4 is 5.43 Å². The topological polar surface area (TPSA) is 74.6 Å². The van der Waals surface area contributed by atoms with E-state index in [0.717, 1.165) is 11.1 Å². The predicted octanol–water partition coefficient (Wildman–Crippen LogP) is 4.61. The van der Waals surface area contributed by atoms with Gasteiger partial charge < -0.3 is 5.11 Å². The number of aliphatic carboxylic acids is 1. The Morgan fingerprint density at radius 2 is 1.96 bits per heavy atom. The molecule has 0 aliphatic carbocycles. The molecule has 1 heterocycles. The van der Waals surface area contributed by atoms with E-state index in [4.69, 9.17) is 5.11 Å². The van der Waals surface area contributed by atoms with E-state index in [-0.39, 0.29) is 6.42 Å². The Balaban J connectivity index is 1.78. The third kappa shape index (κ3) is 4.71. The van der Waals surface area contributed by atoms with E-state index in [1.807, 2.05) is 60.9 Å². The first-order chi connectivity index (χ1) is 12.7. The first-order valence-corrected chi connectivity index (χ1v) is 9.90. The van der Waals surface area contributed by atoms with Crippen molar-refractivity contribution in [3.63, 3.8) is 0 Å². The van der Waals surface area contributed by atoms with Crippen LogP contribution >= 0.6 is 23.1 Å². The van der Waals surface area contributed by atoms with Crippen molar-refractivity contribution in [2.24, 2.45) is 5.10 Å². The maximum atomic E-state index is 11.1. The van der Waals surface area contributed by atoms with Crippen molar-refractivity contribution in [2.45, 2.75) is 11.3 Å². The van der Waals surface area contributed by atoms with Gasteiger partial charge in [-0.05, 0) is 24.0 Å². The maximum Gasteiger partial charge on any atom is 0.308 e. The minimum Gasteiger partial charge on any atom is -0.481 e. The minimum atomic E-state index is -0.880. The summed E-state index contributed by atoms with van der Waals surface area (Å²) in [5.41, 5.74) is 5.45. The Labute approximate surface area is 159 Å². The second-order valence-electron chi connectivity index (χ2n) is 5.37. The van der Waals surface area contributed by atoms with Crippen molar-refractivity contribution in [3.8, 4) is 11.3 Å². The molecule has 0 saturated carbocycles. The summed E-state index contributed by atoms with van der Waals surface area (Å²) in [6.45, 7) is 0. The number of carboxylic acids is 1. The van der Waals surface area contributed by atoms with Crippen LogP contribution in [-0.4, -0.2) is 28.5 Å². The number of carbonyl (C=O) groups is 1. The number of thioether (sulfide) groups is 1. The molecule has 2 aromatic carbocycles. The SMILES string of the molecule is CSc1ccc(C=NNc2nc(-c3ccccc3)c(CC(=O)O)s2)cc1. The van der Waals surface area contributed by atoms with Gasteiger partial charge in [0, 0.05) is 15.3 Å². The second kappa shape index (κ2) is 8.64. The number of hydrogen-bond acceptors (Lipinski definition) is 6. The summed E-state index contributed by atoms with van der Waals surface area (Å²) in [6.07, 6.45) is 3.68. The molecule has 0 amide bonds. The number of rotatable bonds is 7. The molecule has 3 rings (SSSR count). The van der Waals surface area contributed by atoms with Crippen molar-refractivity contribution in [1.29, 1.82) is 0 Å². The van der Waals surface area contributed by atoms with Gasteiger partial charge in [-0.3, -0.25) is 10.2 Å². The lowest BCUT2D eigenvalue weighted by Gasteiger charge is -1.99. The average Bonchev–Trinajstić information content (AvgIpc) is 3.05. The fourth-order valence-electron chi connectivity index (χ4n) is 2.33. The number of aromatic nitrogens is 1. The first kappa shape index (κ1) is 18.2. The van der Waals surface area contributed by atoms with Gasteiger partial charge in [-0.15, -0.1) is 11.8 Å². The molecule has 0 bridgehead atoms. The molecule has 0 spiro atoms. The van der Waals surface area contributed by atoms with Crippen LogP contribution in [0.5, 0.6) is 0 Å². The van der Waals surface area contributed by atoms with Gasteiger partial charge in [0.1, 0.15) is 0 Å². The number of thiazole rings is 1. The Hall–Kier alpha value is -2.64. The first-order valence-electron chi connectivity index (χ1n) is 7.86. The van der Waals surface area contributed by atoms with Crippen LogP contribution in [0, 0.1) is 0 Å². The monoisotopic (exact) mass is 383 g/mol. The largest absolute Gasteiger partial charge is 0.481 e. The van der Waals surface area contributed by atoms with Crippen molar-refractivity contribution < 1.29 is 9.90 Å². The van der Waals surface area contributed by atoms with Gasteiger partial charge in [-0.25, -0.2) is 4.98 Å². The fourth-order valence-corrected chi connectivity index (χ4v) is 3.66. The quantitative estimate of drug-likeness (QED) is 0.354. The van der Waals surface area contributed by atoms with E-state index >= 15 is 0 Å². The molecule has 0 aliphatic rings. The summed E-state index contributed by atoms with van der Waals surface area (Å²) >= 11 is 2.99. The van der Waals surface area contributed by atoms with Crippen LogP contribution in [0.2, 0.25) is 0 Å². The summed E-state index contributed by atoms with van der Waals surface area (Å²) in [5, 5.41) is 13.9. The van der Waals surface area contributed by atoms with E-state index in [0.29, 0.717) is 15.7 Å². The number of hydrogen-bond donors (Lipinski definition) is 2. The van der Waals surface area contributed by atoms with Crippen LogP contribution in [0.4, 0.5) is 5.13 Å². The number of benzene rings is 2. The smallest absolute Gasteiger partial charge is 0.308 e. The van der Waals surface area contributed by atoms with Crippen molar-refractivity contribution in [1.82, 2.24) is 4.98 Å². The lowest BCUT2D eigenvalue weighted by atomic mass is 10.1. The van der Waals surface area contributed by atoms with E-state index in [2.05, 4.69) is 15.5 Å². The number of carboxylic acid groups (broad SMARTS) is 1. The molecule has 5 nitrogen and oxygen atoms in total. The standard InChI is InChI=1S/C19H17N3O2S2/c1-25-15-9-7-13(8-10-15)12-20-22-19-21-18(14-5-3-2-4-6-14)16(26-19)11-17(23)24/h2-10,12H,11H2,1H3,(H,21,22)(H,23,24). The van der Waals surface area contributed by atoms with Crippen molar-refractivity contribution >= 4 is 40.4 Å². The number of nitrogens with one attached hydrogen (secondary N) is 1. The highest BCUT2D eigenvalue weighted by Crippen LogP contribution is 2.31. The summed E-state index contributed by atoms with van der Waals surface area (Å²) in [7, 11) is 0. The molecule has 7 heteroatoms. The van der Waals surface area contributed by atoms with Gasteiger partial charge >= 0.3 is 5.97 Å². The Morgan fingerprint density at radius 1 is 1.23 bits per heavy atom. The van der Waals surface area contributed by atoms with Gasteiger partial charge in [0.25, 0.3) is 0 Å². The molecule has 1 aromatic heterocycles. The molecule has 0 atom stereocenters. The van der Waals surface area contributed by atoms with Gasteiger partial charge in [0.2, 0.25) is 5.13 Å². The van der Waals surface area contributed by atoms with Crippen LogP contribution in [0.15, 0.2) is 64.6 Å². The van der Waals surface area contributed by atoms with Gasteiger partial charge in [0.05, 0.1) is 18.3 Å². The molecule has 0 unspecified atom stereocenters. The molecule has 132 valence electrons. The molecule has 0 radical (unpaired) electrons. The Bertz CT molecular complexity index is 906. The Morgan fingerprint density at radius 3 is 2.62 bits per heavy atom. The molecular formula is C19H17N3O2S2. The second-order valence-corrected chi connectivity index (χ2v) is 7.33. The van der Waals surface area contributed by atoms with Crippen LogP contribution in [-0.2, 0) is 11.2 Å². The molecule has 0 saturated heterocycles. The third-order valence-corrected chi connectivity index (χ3v) is 5.25. The van der Waals surface area contributed by atoms with Crippen molar-refractivity contribution in [2.75, 3.05) is 11.7 Å². The van der Waals surface area contributed by atoms with Crippen LogP contribution in [0.25, 0.3) is 11.3 Å². The molecule has 2 N–H and O–H groups in total. The van der Waals surface area contributed by atoms with Gasteiger partial charge in [-0.2, -0.15) is 5.10 Å². The van der Waals surface area contributed by atoms with E-state index < -0.39 is 5.97 Å². The van der Waals surface area contributed by atoms with Gasteiger partial charge in [-0.1, -0.05) is 53.8 Å². The van der Waals surface area contributed by atoms with Crippen molar-refractivity contribution in [3.05, 3.63) is 65.0 Å². The summed E-state index contributed by atoms with van der Waals surface area (Å²) < 4.78 is 0. The average molecular weight is 383 g/mol. The molecule has 0 fully saturated rings. The molecule has 3 aromatic rings. The van der Waals surface area contributed by atoms with Crippen LogP contribution in [0.3, 0.4) is 0 Å². The van der Waals surface area contributed by atoms with Crippen LogP contribution in [0.1, 0.15) is 10.4 Å². The lowest BCUT2D eigenvalue weighted by Crippen LogP contribution is -1.99.